The molecule has 38 heteroatoms. The van der Waals surface area contributed by atoms with E-state index >= 15 is 0 Å². The highest BCUT2D eigenvalue weighted by Crippen LogP contribution is 2.42. The molecular formula is C109H175Cl8IN10O19. The van der Waals surface area contributed by atoms with Crippen molar-refractivity contribution in [1.82, 2.24) is 46.6 Å². The number of alkyl carbamates (subject to hydrolysis) is 4. The molecule has 0 spiro atoms. The lowest BCUT2D eigenvalue weighted by Gasteiger charge is -2.38. The van der Waals surface area contributed by atoms with Gasteiger partial charge in [-0.15, -0.1) is 46.4 Å². The summed E-state index contributed by atoms with van der Waals surface area (Å²) in [5.41, 5.74) is 13.8. The zero-order valence-corrected chi connectivity index (χ0v) is 97.9. The van der Waals surface area contributed by atoms with Crippen molar-refractivity contribution in [1.29, 1.82) is 0 Å². The van der Waals surface area contributed by atoms with Gasteiger partial charge in [0.05, 0.1) is 90.0 Å². The lowest BCUT2D eigenvalue weighted by atomic mass is 9.85. The molecule has 0 unspecified atom stereocenters. The summed E-state index contributed by atoms with van der Waals surface area (Å²) < 4.78 is 72.0. The molecule has 147 heavy (non-hydrogen) atoms. The number of benzene rings is 4. The molecule has 29 nitrogen and oxygen atoms in total. The molecule has 7 aliphatic rings. The number of alkyl halides is 5. The van der Waals surface area contributed by atoms with Gasteiger partial charge in [0.15, 0.2) is 0 Å². The van der Waals surface area contributed by atoms with E-state index in [1.54, 1.807) is 4.90 Å². The highest BCUT2D eigenvalue weighted by molar-refractivity contribution is 14.1. The van der Waals surface area contributed by atoms with E-state index in [-0.39, 0.29) is 70.8 Å². The SMILES string of the molecule is CC[C@H](CCC(=O)N1CCC[C@@H]([C@@H](OCCNC(=O)OC)c2cc(Cl)ccc2C)C1)C[C@H]1CCCOC1.CC[C@H](CN)C[C@H]1CCCOC1.CN[C@H](CCC(=O)N1CCC[C@@H]([C@@H](OCCNC(=O)OC)c2cc(Cl)ccc2C)C1)C[C@H]1CCCOC1.COC(=O)NCCO[C@@H](c1cc(Cl)ccc1C)[C@@H]1CCCN(C(=O)OC(C)(C)C)C1.COC(=O)NCCO[C@@H](c1cc(Cl)ccc1C)[C@@H]1CCCNC1.ClCCl.ClCCl.[2H]CI. The molecule has 7 fully saturated rings. The van der Waals surface area contributed by atoms with Gasteiger partial charge in [0.1, 0.15) is 5.60 Å². The number of halogens is 9. The topological polar surface area (TPSA) is 338 Å². The second kappa shape index (κ2) is 78.9. The molecule has 7 saturated heterocycles. The van der Waals surface area contributed by atoms with Crippen LogP contribution in [0.25, 0.3) is 0 Å². The zero-order valence-electron chi connectivity index (χ0n) is 90.7. The van der Waals surface area contributed by atoms with Crippen LogP contribution in [0.4, 0.5) is 24.0 Å². The zero-order chi connectivity index (χ0) is 109. The van der Waals surface area contributed by atoms with Gasteiger partial charge in [0.25, 0.3) is 0 Å². The van der Waals surface area contributed by atoms with Crippen LogP contribution in [-0.2, 0) is 66.4 Å². The van der Waals surface area contributed by atoms with Crippen molar-refractivity contribution in [2.24, 2.45) is 59.0 Å². The molecule has 8 N–H and O–H groups in total. The second-order valence-electron chi connectivity index (χ2n) is 39.3. The predicted molar refractivity (Wildman–Crippen MR) is 601 cm³/mol. The first-order valence-electron chi connectivity index (χ1n) is 53.1. The van der Waals surface area contributed by atoms with Gasteiger partial charge in [0, 0.05) is 176 Å². The Hall–Kier alpha value is -5.18. The number of nitrogens with one attached hydrogen (secondary N) is 6. The van der Waals surface area contributed by atoms with Crippen LogP contribution in [0.3, 0.4) is 0 Å². The van der Waals surface area contributed by atoms with Crippen LogP contribution in [-0.4, -0.2) is 271 Å². The maximum atomic E-state index is 13.3. The maximum absolute atomic E-state index is 13.3. The number of aryl methyl sites for hydroxylation is 4. The predicted octanol–water partition coefficient (Wildman–Crippen LogP) is 23.9. The van der Waals surface area contributed by atoms with E-state index in [1.807, 2.05) is 140 Å². The average Bonchev–Trinajstić information content (AvgIpc) is 0.807. The fraction of sp³-hybridized carbons (Fsp3) is 0.716. The maximum Gasteiger partial charge on any atom is 0.410 e. The number of piperidine rings is 4. The minimum atomic E-state index is -0.539. The first-order chi connectivity index (χ1) is 71.1. The molecule has 838 valence electrons. The summed E-state index contributed by atoms with van der Waals surface area (Å²) in [4.78, 5) is 90.7. The Bertz CT molecular complexity index is 4180. The number of likely N-dealkylation sites (tertiary alicyclic amines) is 3. The number of carbonyl (C=O) groups is 7. The van der Waals surface area contributed by atoms with Crippen LogP contribution in [0.1, 0.15) is 253 Å². The average molecular weight is 2340 g/mol. The van der Waals surface area contributed by atoms with Crippen molar-refractivity contribution in [3.8, 4) is 0 Å². The molecule has 7 aliphatic heterocycles. The Morgan fingerprint density at radius 3 is 1.08 bits per heavy atom. The molecule has 0 bridgehead atoms. The first kappa shape index (κ1) is 132. The standard InChI is InChI=1S/C29H45ClN2O5.C28H44ClN3O5.C22H33ClN2O5.C17H25ClN2O3.C10H21NO.2CH2Cl2.CH3I/c1-4-22(17-23-7-6-15-36-20-23)10-12-27(33)32-14-5-8-24(19-32)28(37-16-13-31-29(34)35-3)26-18-25(30)11-9-21(26)2;1-20-8-9-23(29)17-25(20)27(37-15-12-31-28(34)35-3)22-7-4-13-32(18-22)26(33)11-10-24(30-2)16-21-6-5-14-36-19-21;1-15-8-9-17(23)13-18(15)19(29-12-10-24-20(26)28-5)16-7-6-11-25(14-16)21(27)30-22(2,3)4;1-12-5-6-14(18)10-15(12)16(13-4-3-7-19-11-13)23-9-8-20-17(21)22-2;1-2-9(7-11)6-10-4-3-5-12-8-10;2*2-1-3;1-2/h9,11,18,22-24,28H,4-8,10,12-17,19-20H2,1-3H3,(H,31,34);8-9,17,21-22,24,27,30H,4-7,10-16,18-19H2,1-3H3,(H,31,34);8-9,13,16,19H,6-7,10-12,14H2,1-5H3,(H,24,26);5-6,10,13,16,19H,3-4,7-9,11H2,1-2H3,(H,20,21);9-10H,2-8,11H2,1H3;2*1H2;1H3/t22-,23-,24-,28-;21-,22-,24-,27-;16-,19-;13-,16-;9-,10+;;;/m11110.../s1/i;;;;;;;1D. The van der Waals surface area contributed by atoms with Crippen LogP contribution in [0.5, 0.6) is 0 Å². The molecule has 0 saturated carbocycles. The highest BCUT2D eigenvalue weighted by atomic mass is 127. The van der Waals surface area contributed by atoms with Crippen LogP contribution in [0.2, 0.25) is 20.1 Å². The second-order valence-corrected chi connectivity index (χ2v) is 42.6. The van der Waals surface area contributed by atoms with E-state index in [4.69, 9.17) is 138 Å². The van der Waals surface area contributed by atoms with Crippen molar-refractivity contribution < 1.29 is 91.8 Å². The van der Waals surface area contributed by atoms with Crippen molar-refractivity contribution in [3.05, 3.63) is 137 Å². The van der Waals surface area contributed by atoms with Crippen LogP contribution >= 0.6 is 115 Å². The molecule has 0 aromatic heterocycles. The van der Waals surface area contributed by atoms with E-state index in [0.29, 0.717) is 141 Å². The van der Waals surface area contributed by atoms with Crippen molar-refractivity contribution in [3.63, 3.8) is 0 Å². The van der Waals surface area contributed by atoms with Crippen LogP contribution in [0.15, 0.2) is 72.8 Å². The summed E-state index contributed by atoms with van der Waals surface area (Å²) in [5.74, 6) is 4.54. The molecule has 11 rings (SSSR count). The summed E-state index contributed by atoms with van der Waals surface area (Å²) in [6, 6.07) is 23.7. The van der Waals surface area contributed by atoms with Crippen molar-refractivity contribution in [2.45, 2.75) is 246 Å². The van der Waals surface area contributed by atoms with E-state index in [9.17, 15) is 33.6 Å². The molecule has 14 atom stereocenters. The molecule has 4 aromatic rings. The van der Waals surface area contributed by atoms with E-state index in [0.717, 1.165) is 224 Å². The van der Waals surface area contributed by atoms with Crippen molar-refractivity contribution in [2.75, 3.05) is 202 Å². The molecular weight excluding hydrogens is 2160 g/mol. The number of carbonyl (C=O) groups excluding carboxylic acids is 7. The molecule has 4 aromatic carbocycles. The highest BCUT2D eigenvalue weighted by Gasteiger charge is 2.38. The van der Waals surface area contributed by atoms with Gasteiger partial charge in [0.2, 0.25) is 11.8 Å². The monoisotopic (exact) mass is 2340 g/mol. The van der Waals surface area contributed by atoms with Gasteiger partial charge >= 0.3 is 30.5 Å². The van der Waals surface area contributed by atoms with Gasteiger partial charge in [-0.2, -0.15) is 0 Å². The summed E-state index contributed by atoms with van der Waals surface area (Å²) in [5, 5.41) is 20.5. The fourth-order valence-corrected chi connectivity index (χ4v) is 20.4. The Labute approximate surface area is 933 Å². The number of hydrogen-bond donors (Lipinski definition) is 7. The third kappa shape index (κ3) is 54.2. The number of ether oxygens (including phenoxy) is 12. The van der Waals surface area contributed by atoms with E-state index < -0.39 is 30.0 Å². The third-order valence-corrected chi connectivity index (χ3v) is 28.4. The van der Waals surface area contributed by atoms with E-state index in [1.165, 1.54) is 72.5 Å². The smallest absolute Gasteiger partial charge is 0.410 e. The minimum absolute atomic E-state index is 0.0269. The van der Waals surface area contributed by atoms with Gasteiger partial charge in [-0.3, -0.25) is 9.59 Å². The van der Waals surface area contributed by atoms with Gasteiger partial charge < -0.3 is 109 Å². The number of nitrogens with two attached hydrogens (primary N) is 1. The Kier molecular flexibility index (Phi) is 71.0. The normalized spacial score (nSPS) is 20.2. The lowest BCUT2D eigenvalue weighted by Crippen LogP contribution is -2.44. The summed E-state index contributed by atoms with van der Waals surface area (Å²) >= 11 is 46.1. The fourth-order valence-electron chi connectivity index (χ4n) is 19.7. The van der Waals surface area contributed by atoms with Crippen LogP contribution in [0, 0.1) is 81.0 Å². The number of rotatable bonds is 40. The number of methoxy groups -OCH3 is 4. The molecule has 7 heterocycles. The van der Waals surface area contributed by atoms with Crippen molar-refractivity contribution >= 4 is 158 Å². The number of hydrogen-bond acceptors (Lipinski definition) is 22. The molecule has 0 aliphatic carbocycles. The first-order valence-corrected chi connectivity index (χ1v) is 57.5. The van der Waals surface area contributed by atoms with E-state index in [2.05, 4.69) is 85.5 Å². The molecule has 7 amide bonds. The quantitative estimate of drug-likeness (QED) is 0.00941. The third-order valence-electron chi connectivity index (χ3n) is 27.5. The minimum Gasteiger partial charge on any atom is -0.453 e. The Morgan fingerprint density at radius 2 is 0.782 bits per heavy atom. The van der Waals surface area contributed by atoms with Gasteiger partial charge in [-0.05, 0) is 318 Å². The number of amides is 7. The number of nitrogens with zero attached hydrogens (tertiary/aromatic N) is 3. The van der Waals surface area contributed by atoms with Crippen LogP contribution < -0.4 is 37.6 Å². The largest absolute Gasteiger partial charge is 0.453 e. The Morgan fingerprint density at radius 1 is 0.469 bits per heavy atom. The Balaban J connectivity index is 0.000000389. The van der Waals surface area contributed by atoms with Gasteiger partial charge in [-0.1, -0.05) is 120 Å². The summed E-state index contributed by atoms with van der Waals surface area (Å²) in [6.07, 6.45) is 21.0. The summed E-state index contributed by atoms with van der Waals surface area (Å²) in [7, 11) is 7.34. The molecule has 0 radical (unpaired) electrons. The lowest BCUT2D eigenvalue weighted by molar-refractivity contribution is -0.135. The summed E-state index contributed by atoms with van der Waals surface area (Å²) in [6.45, 7) is 33.5. The van der Waals surface area contributed by atoms with Gasteiger partial charge in [-0.25, -0.2) is 24.0 Å².